The largest absolute Gasteiger partial charge is 0.336 e. The Hall–Kier alpha value is -2.73. The van der Waals surface area contributed by atoms with Gasteiger partial charge in [-0.3, -0.25) is 14.2 Å². The summed E-state index contributed by atoms with van der Waals surface area (Å²) in [5.74, 6) is -0.145. The van der Waals surface area contributed by atoms with E-state index in [0.717, 1.165) is 12.8 Å². The zero-order valence-electron chi connectivity index (χ0n) is 17.4. The van der Waals surface area contributed by atoms with Crippen LogP contribution < -0.4 is 5.56 Å². The van der Waals surface area contributed by atoms with E-state index in [-0.39, 0.29) is 16.5 Å². The van der Waals surface area contributed by atoms with Gasteiger partial charge < -0.3 is 4.90 Å². The van der Waals surface area contributed by atoms with Crippen molar-refractivity contribution in [1.82, 2.24) is 14.5 Å². The molecule has 158 valence electrons. The fourth-order valence-electron chi connectivity index (χ4n) is 3.55. The second kappa shape index (κ2) is 9.39. The van der Waals surface area contributed by atoms with Crippen molar-refractivity contribution in [2.45, 2.75) is 45.6 Å². The monoisotopic (exact) mass is 429 g/mol. The highest BCUT2D eigenvalue weighted by Crippen LogP contribution is 2.27. The van der Waals surface area contributed by atoms with Crippen LogP contribution in [0.1, 0.15) is 51.4 Å². The van der Waals surface area contributed by atoms with E-state index >= 15 is 0 Å². The molecule has 0 aliphatic carbocycles. The molecule has 0 aliphatic rings. The summed E-state index contributed by atoms with van der Waals surface area (Å²) in [6.07, 6.45) is 2.71. The maximum Gasteiger partial charge on any atom is 0.266 e. The smallest absolute Gasteiger partial charge is 0.266 e. The van der Waals surface area contributed by atoms with Crippen LogP contribution in [-0.2, 0) is 4.79 Å². The molecule has 0 N–H and O–H groups in total. The number of halogens is 2. The number of rotatable bonds is 7. The Balaban J connectivity index is 2.24. The number of carbonyl (C=O) groups is 1. The molecule has 30 heavy (non-hydrogen) atoms. The zero-order chi connectivity index (χ0) is 21.8. The van der Waals surface area contributed by atoms with E-state index in [9.17, 15) is 14.0 Å². The highest BCUT2D eigenvalue weighted by molar-refractivity contribution is 6.30. The molecule has 0 aliphatic heterocycles. The fraction of sp³-hybridized carbons (Fsp3) is 0.348. The van der Waals surface area contributed by atoms with Crippen LogP contribution in [0.3, 0.4) is 0 Å². The number of carbonyl (C=O) groups excluding carboxylic acids is 1. The lowest BCUT2D eigenvalue weighted by Crippen LogP contribution is -2.35. The van der Waals surface area contributed by atoms with Crippen LogP contribution in [0.15, 0.2) is 47.3 Å². The molecule has 2 aromatic carbocycles. The van der Waals surface area contributed by atoms with Crippen LogP contribution in [0, 0.1) is 5.82 Å². The highest BCUT2D eigenvalue weighted by Gasteiger charge is 2.26. The molecular formula is C23H25ClFN3O2. The van der Waals surface area contributed by atoms with Crippen LogP contribution in [0.2, 0.25) is 5.02 Å². The fourth-order valence-corrected chi connectivity index (χ4v) is 3.73. The second-order valence-electron chi connectivity index (χ2n) is 7.26. The summed E-state index contributed by atoms with van der Waals surface area (Å²) in [6, 6.07) is 10.8. The van der Waals surface area contributed by atoms with Gasteiger partial charge in [-0.1, -0.05) is 44.0 Å². The van der Waals surface area contributed by atoms with Gasteiger partial charge in [0.15, 0.2) is 0 Å². The molecule has 0 spiro atoms. The number of fused-ring (bicyclic) bond motifs is 1. The van der Waals surface area contributed by atoms with Gasteiger partial charge in [0.05, 0.1) is 27.7 Å². The molecule has 5 nitrogen and oxygen atoms in total. The van der Waals surface area contributed by atoms with Crippen molar-refractivity contribution in [2.75, 3.05) is 7.05 Å². The second-order valence-corrected chi connectivity index (χ2v) is 7.67. The van der Waals surface area contributed by atoms with Gasteiger partial charge in [0.1, 0.15) is 11.6 Å². The molecule has 0 bridgehead atoms. The molecule has 1 atom stereocenters. The van der Waals surface area contributed by atoms with Gasteiger partial charge in [-0.15, -0.1) is 0 Å². The molecule has 3 aromatic rings. The van der Waals surface area contributed by atoms with Gasteiger partial charge in [0.25, 0.3) is 5.56 Å². The zero-order valence-corrected chi connectivity index (χ0v) is 18.1. The lowest BCUT2D eigenvalue weighted by atomic mass is 10.1. The van der Waals surface area contributed by atoms with E-state index < -0.39 is 11.9 Å². The highest BCUT2D eigenvalue weighted by atomic mass is 35.5. The number of hydrogen-bond donors (Lipinski definition) is 0. The minimum Gasteiger partial charge on any atom is -0.336 e. The van der Waals surface area contributed by atoms with Crippen molar-refractivity contribution >= 4 is 28.4 Å². The molecule has 0 fully saturated rings. The number of unbranched alkanes of at least 4 members (excludes halogenated alkanes) is 1. The predicted molar refractivity (Wildman–Crippen MR) is 118 cm³/mol. The first-order chi connectivity index (χ1) is 14.4. The Morgan fingerprint density at radius 2 is 1.97 bits per heavy atom. The number of benzene rings is 2. The summed E-state index contributed by atoms with van der Waals surface area (Å²) >= 11 is 5.99. The summed E-state index contributed by atoms with van der Waals surface area (Å²) in [4.78, 5) is 32.5. The van der Waals surface area contributed by atoms with Gasteiger partial charge in [0, 0.05) is 13.5 Å². The number of nitrogens with zero attached hydrogens (tertiary/aromatic N) is 3. The van der Waals surface area contributed by atoms with E-state index in [4.69, 9.17) is 16.6 Å². The number of amides is 1. The van der Waals surface area contributed by atoms with E-state index in [1.807, 2.05) is 19.9 Å². The first-order valence-corrected chi connectivity index (χ1v) is 10.5. The SMILES string of the molecule is CCCCC(=O)N(C)C(CC)c1nc2ccccc2c(=O)n1-c1ccc(F)c(Cl)c1. The van der Waals surface area contributed by atoms with Gasteiger partial charge in [-0.25, -0.2) is 9.37 Å². The Labute approximate surface area is 180 Å². The third-order valence-electron chi connectivity index (χ3n) is 5.25. The Bertz CT molecular complexity index is 1130. The van der Waals surface area contributed by atoms with Gasteiger partial charge in [-0.05, 0) is 43.2 Å². The van der Waals surface area contributed by atoms with Crippen molar-refractivity contribution in [3.63, 3.8) is 0 Å². The standard InChI is InChI=1S/C23H25ClFN3O2/c1-4-6-11-21(29)27(3)20(5-2)22-26-19-10-8-7-9-16(19)23(30)28(22)15-12-13-18(25)17(24)14-15/h7-10,12-14,20H,4-6,11H2,1-3H3. The molecule has 0 saturated heterocycles. The van der Waals surface area contributed by atoms with Crippen molar-refractivity contribution in [3.8, 4) is 5.69 Å². The molecule has 3 rings (SSSR count). The number of para-hydroxylation sites is 1. The minimum absolute atomic E-state index is 0.00482. The Kier molecular flexibility index (Phi) is 6.87. The van der Waals surface area contributed by atoms with Gasteiger partial charge in [0.2, 0.25) is 5.91 Å². The molecule has 7 heteroatoms. The summed E-state index contributed by atoms with van der Waals surface area (Å²) < 4.78 is 15.2. The maximum absolute atomic E-state index is 13.8. The third kappa shape index (κ3) is 4.24. The van der Waals surface area contributed by atoms with Crippen LogP contribution in [0.4, 0.5) is 4.39 Å². The lowest BCUT2D eigenvalue weighted by Gasteiger charge is -2.29. The van der Waals surface area contributed by atoms with E-state index in [1.165, 1.54) is 22.8 Å². The van der Waals surface area contributed by atoms with Crippen molar-refractivity contribution in [3.05, 3.63) is 69.5 Å². The first kappa shape index (κ1) is 22.0. The molecule has 1 unspecified atom stereocenters. The average Bonchev–Trinajstić information content (AvgIpc) is 2.75. The molecule has 1 amide bonds. The number of hydrogen-bond acceptors (Lipinski definition) is 3. The van der Waals surface area contributed by atoms with E-state index in [0.29, 0.717) is 35.3 Å². The Morgan fingerprint density at radius 1 is 1.23 bits per heavy atom. The number of aromatic nitrogens is 2. The van der Waals surface area contributed by atoms with E-state index in [2.05, 4.69) is 0 Å². The summed E-state index contributed by atoms with van der Waals surface area (Å²) in [5.41, 5.74) is 0.674. The van der Waals surface area contributed by atoms with Gasteiger partial charge >= 0.3 is 0 Å². The third-order valence-corrected chi connectivity index (χ3v) is 5.54. The first-order valence-electron chi connectivity index (χ1n) is 10.1. The van der Waals surface area contributed by atoms with Crippen LogP contribution >= 0.6 is 11.6 Å². The van der Waals surface area contributed by atoms with Crippen molar-refractivity contribution < 1.29 is 9.18 Å². The Morgan fingerprint density at radius 3 is 2.63 bits per heavy atom. The van der Waals surface area contributed by atoms with Crippen molar-refractivity contribution in [2.24, 2.45) is 0 Å². The maximum atomic E-state index is 13.8. The van der Waals surface area contributed by atoms with E-state index in [1.54, 1.807) is 30.1 Å². The summed E-state index contributed by atoms with van der Waals surface area (Å²) in [5, 5.41) is 0.357. The van der Waals surface area contributed by atoms with Gasteiger partial charge in [-0.2, -0.15) is 0 Å². The van der Waals surface area contributed by atoms with Crippen LogP contribution in [0.5, 0.6) is 0 Å². The minimum atomic E-state index is -0.567. The molecule has 0 saturated carbocycles. The normalized spacial score (nSPS) is 12.2. The lowest BCUT2D eigenvalue weighted by molar-refractivity contribution is -0.132. The quantitative estimate of drug-likeness (QED) is 0.513. The average molecular weight is 430 g/mol. The predicted octanol–water partition coefficient (Wildman–Crippen LogP) is 5.28. The topological polar surface area (TPSA) is 55.2 Å². The molecule has 1 aromatic heterocycles. The van der Waals surface area contributed by atoms with Crippen LogP contribution in [-0.4, -0.2) is 27.4 Å². The summed E-state index contributed by atoms with van der Waals surface area (Å²) in [7, 11) is 1.73. The molecular weight excluding hydrogens is 405 g/mol. The summed E-state index contributed by atoms with van der Waals surface area (Å²) in [6.45, 7) is 3.98. The molecule has 1 heterocycles. The molecule has 0 radical (unpaired) electrons. The van der Waals surface area contributed by atoms with Crippen molar-refractivity contribution in [1.29, 1.82) is 0 Å². The van der Waals surface area contributed by atoms with Crippen LogP contribution in [0.25, 0.3) is 16.6 Å².